The van der Waals surface area contributed by atoms with Crippen LogP contribution in [0.2, 0.25) is 0 Å². The number of aliphatic hydroxyl groups is 1. The first-order chi connectivity index (χ1) is 14.9. The smallest absolute Gasteiger partial charge is 0.0594 e. The van der Waals surface area contributed by atoms with Crippen LogP contribution < -0.4 is 0 Å². The Labute approximate surface area is 207 Å². The van der Waals surface area contributed by atoms with Gasteiger partial charge in [-0.25, -0.2) is 0 Å². The van der Waals surface area contributed by atoms with E-state index in [1.54, 1.807) is 0 Å². The minimum absolute atomic E-state index is 0.0958. The van der Waals surface area contributed by atoms with E-state index in [0.717, 1.165) is 41.9 Å². The average Bonchev–Trinajstić information content (AvgIpc) is 2.87. The van der Waals surface area contributed by atoms with Crippen LogP contribution in [0.4, 0.5) is 0 Å². The minimum atomic E-state index is -0.0958. The van der Waals surface area contributed by atoms with Crippen molar-refractivity contribution in [1.29, 1.82) is 0 Å². The molecule has 0 saturated heterocycles. The Hall–Kier alpha value is 0.180. The molecule has 0 amide bonds. The average molecular weight is 508 g/mol. The molecule has 1 nitrogen and oxygen atoms in total. The summed E-state index contributed by atoms with van der Waals surface area (Å²) in [6, 6.07) is 0. The van der Waals surface area contributed by atoms with Crippen molar-refractivity contribution in [3.05, 3.63) is 10.1 Å². The Morgan fingerprint density at radius 1 is 0.875 bits per heavy atom. The van der Waals surface area contributed by atoms with Crippen molar-refractivity contribution in [2.75, 3.05) is 0 Å². The van der Waals surface area contributed by atoms with Crippen LogP contribution in [0.3, 0.4) is 0 Å². The molecule has 0 spiro atoms. The van der Waals surface area contributed by atoms with Gasteiger partial charge in [0, 0.05) is 0 Å². The summed E-state index contributed by atoms with van der Waals surface area (Å²) in [5, 5.41) is 10.8. The lowest BCUT2D eigenvalue weighted by Gasteiger charge is -2.57. The molecule has 32 heavy (non-hydrogen) atoms. The molecule has 0 heterocycles. The lowest BCUT2D eigenvalue weighted by Crippen LogP contribution is -2.50. The SMILES string of the molecule is CC(C)=C(Br)CC[C@H](C)[C@@H]1CC[C@@]2(C)[C@H]3CC[C@H]4[C@H](CC[C@@H](O)C4(C)C)C[C@@H]3CC[C@]12C. The van der Waals surface area contributed by atoms with Crippen LogP contribution in [0.25, 0.3) is 0 Å². The van der Waals surface area contributed by atoms with Crippen LogP contribution in [-0.2, 0) is 0 Å². The van der Waals surface area contributed by atoms with E-state index in [0.29, 0.717) is 10.8 Å². The highest BCUT2D eigenvalue weighted by Gasteiger charge is 2.62. The molecule has 9 atom stereocenters. The largest absolute Gasteiger partial charge is 0.393 e. The van der Waals surface area contributed by atoms with E-state index in [4.69, 9.17) is 0 Å². The monoisotopic (exact) mass is 506 g/mol. The third-order valence-electron chi connectivity index (χ3n) is 12.2. The van der Waals surface area contributed by atoms with E-state index < -0.39 is 0 Å². The minimum Gasteiger partial charge on any atom is -0.393 e. The number of aliphatic hydroxyl groups excluding tert-OH is 1. The van der Waals surface area contributed by atoms with Crippen LogP contribution in [0, 0.1) is 51.8 Å². The third kappa shape index (κ3) is 4.00. The van der Waals surface area contributed by atoms with Gasteiger partial charge < -0.3 is 5.11 Å². The molecule has 4 saturated carbocycles. The Balaban J connectivity index is 1.53. The summed E-state index contributed by atoms with van der Waals surface area (Å²) in [5.74, 6) is 5.12. The second-order valence-corrected chi connectivity index (χ2v) is 14.9. The standard InChI is InChI=1S/C30H51BrO/c1-19(2)26(31)12-8-20(3)23-15-17-30(7)25-11-10-24-21(9-13-27(32)28(24,4)5)18-22(25)14-16-29(23,30)6/h20-25,27,32H,8-18H2,1-7H3/t20-,21+,22-,23-,24-,25-,27+,29+,30-/m0/s1. The number of rotatable bonds is 4. The molecule has 184 valence electrons. The number of fused-ring (bicyclic) bond motifs is 4. The highest BCUT2D eigenvalue weighted by atomic mass is 79.9. The maximum atomic E-state index is 10.8. The lowest BCUT2D eigenvalue weighted by molar-refractivity contribution is -0.0823. The van der Waals surface area contributed by atoms with Crippen molar-refractivity contribution in [3.8, 4) is 0 Å². The summed E-state index contributed by atoms with van der Waals surface area (Å²) in [6.07, 6.45) is 14.8. The molecule has 0 radical (unpaired) electrons. The Bertz CT molecular complexity index is 720. The van der Waals surface area contributed by atoms with Gasteiger partial charge in [-0.05, 0) is 141 Å². The van der Waals surface area contributed by atoms with Crippen molar-refractivity contribution >= 4 is 15.9 Å². The zero-order chi connectivity index (χ0) is 23.5. The first-order valence-corrected chi connectivity index (χ1v) is 14.7. The van der Waals surface area contributed by atoms with Gasteiger partial charge in [0.25, 0.3) is 0 Å². The van der Waals surface area contributed by atoms with E-state index in [-0.39, 0.29) is 11.5 Å². The van der Waals surface area contributed by atoms with Crippen molar-refractivity contribution in [2.45, 2.75) is 125 Å². The number of hydrogen-bond acceptors (Lipinski definition) is 1. The quantitative estimate of drug-likeness (QED) is 0.402. The van der Waals surface area contributed by atoms with Crippen molar-refractivity contribution < 1.29 is 5.11 Å². The number of hydrogen-bond donors (Lipinski definition) is 1. The van der Waals surface area contributed by atoms with Crippen molar-refractivity contribution in [2.24, 2.45) is 51.8 Å². The van der Waals surface area contributed by atoms with Crippen LogP contribution in [-0.4, -0.2) is 11.2 Å². The zero-order valence-corrected chi connectivity index (χ0v) is 23.7. The van der Waals surface area contributed by atoms with E-state index in [9.17, 15) is 5.11 Å². The van der Waals surface area contributed by atoms with Crippen LogP contribution in [0.1, 0.15) is 119 Å². The van der Waals surface area contributed by atoms with E-state index >= 15 is 0 Å². The summed E-state index contributed by atoms with van der Waals surface area (Å²) < 4.78 is 1.43. The Morgan fingerprint density at radius 3 is 2.19 bits per heavy atom. The maximum absolute atomic E-state index is 10.8. The second kappa shape index (κ2) is 9.00. The highest BCUT2D eigenvalue weighted by molar-refractivity contribution is 9.11. The fourth-order valence-electron chi connectivity index (χ4n) is 9.76. The van der Waals surface area contributed by atoms with E-state index in [2.05, 4.69) is 64.4 Å². The molecule has 0 aliphatic heterocycles. The van der Waals surface area contributed by atoms with Gasteiger partial charge in [-0.2, -0.15) is 0 Å². The van der Waals surface area contributed by atoms with Gasteiger partial charge in [0.1, 0.15) is 0 Å². The molecule has 0 unspecified atom stereocenters. The summed E-state index contributed by atoms with van der Waals surface area (Å²) >= 11 is 3.83. The van der Waals surface area contributed by atoms with Gasteiger partial charge in [-0.3, -0.25) is 0 Å². The third-order valence-corrected chi connectivity index (χ3v) is 13.3. The number of allylic oxidation sites excluding steroid dienone is 2. The first kappa shape index (κ1) is 25.3. The van der Waals surface area contributed by atoms with Gasteiger partial charge in [0.15, 0.2) is 0 Å². The highest BCUT2D eigenvalue weighted by Crippen LogP contribution is 2.70. The molecule has 4 aliphatic rings. The summed E-state index contributed by atoms with van der Waals surface area (Å²) in [6.45, 7) is 17.2. The lowest BCUT2D eigenvalue weighted by atomic mass is 9.48. The van der Waals surface area contributed by atoms with E-state index in [1.165, 1.54) is 74.3 Å². The molecule has 4 aliphatic carbocycles. The molecular weight excluding hydrogens is 456 g/mol. The normalized spacial score (nSPS) is 46.4. The molecule has 2 heteroatoms. The van der Waals surface area contributed by atoms with Crippen LogP contribution in [0.15, 0.2) is 10.1 Å². The molecular formula is C30H51BrO. The summed E-state index contributed by atoms with van der Waals surface area (Å²) in [7, 11) is 0. The molecule has 0 bridgehead atoms. The van der Waals surface area contributed by atoms with Gasteiger partial charge in [-0.1, -0.05) is 56.1 Å². The number of halogens is 1. The molecule has 0 aromatic carbocycles. The summed E-state index contributed by atoms with van der Waals surface area (Å²) in [5.41, 5.74) is 2.56. The molecule has 1 N–H and O–H groups in total. The maximum Gasteiger partial charge on any atom is 0.0594 e. The second-order valence-electron chi connectivity index (χ2n) is 13.9. The molecule has 4 fully saturated rings. The van der Waals surface area contributed by atoms with Crippen LogP contribution >= 0.6 is 15.9 Å². The topological polar surface area (TPSA) is 20.2 Å². The Kier molecular flexibility index (Phi) is 7.11. The Morgan fingerprint density at radius 2 is 1.50 bits per heavy atom. The van der Waals surface area contributed by atoms with Gasteiger partial charge in [-0.15, -0.1) is 0 Å². The van der Waals surface area contributed by atoms with Crippen molar-refractivity contribution in [3.63, 3.8) is 0 Å². The van der Waals surface area contributed by atoms with Gasteiger partial charge in [0.05, 0.1) is 6.10 Å². The molecule has 0 aromatic rings. The van der Waals surface area contributed by atoms with E-state index in [1.807, 2.05) is 0 Å². The van der Waals surface area contributed by atoms with Gasteiger partial charge in [0.2, 0.25) is 0 Å². The molecule has 0 aromatic heterocycles. The fraction of sp³-hybridized carbons (Fsp3) is 0.933. The fourth-order valence-corrected chi connectivity index (χ4v) is 9.99. The van der Waals surface area contributed by atoms with Crippen molar-refractivity contribution in [1.82, 2.24) is 0 Å². The zero-order valence-electron chi connectivity index (χ0n) is 22.1. The first-order valence-electron chi connectivity index (χ1n) is 13.9. The molecule has 4 rings (SSSR count). The van der Waals surface area contributed by atoms with Crippen LogP contribution in [0.5, 0.6) is 0 Å². The summed E-state index contributed by atoms with van der Waals surface area (Å²) in [4.78, 5) is 0. The van der Waals surface area contributed by atoms with Gasteiger partial charge >= 0.3 is 0 Å². The predicted octanol–water partition coefficient (Wildman–Crippen LogP) is 9.14. The predicted molar refractivity (Wildman–Crippen MR) is 141 cm³/mol.